The number of thioether (sulfide) groups is 1. The quantitative estimate of drug-likeness (QED) is 0.834. The standard InChI is InChI=1S/C15H20N2S2/c1-10(2)15-13(8-16)19-14(17-15)9-18-12-7-5-4-6-11(12)3/h4-7,10H,8-9,16H2,1-3H3. The van der Waals surface area contributed by atoms with E-state index in [-0.39, 0.29) is 0 Å². The summed E-state index contributed by atoms with van der Waals surface area (Å²) in [5, 5.41) is 1.18. The fraction of sp³-hybridized carbons (Fsp3) is 0.400. The predicted octanol–water partition coefficient (Wildman–Crippen LogP) is 4.33. The van der Waals surface area contributed by atoms with Crippen LogP contribution in [0.15, 0.2) is 29.2 Å². The van der Waals surface area contributed by atoms with Crippen LogP contribution >= 0.6 is 23.1 Å². The Hall–Kier alpha value is -0.840. The zero-order chi connectivity index (χ0) is 13.8. The zero-order valence-corrected chi connectivity index (χ0v) is 13.3. The number of rotatable bonds is 5. The minimum absolute atomic E-state index is 0.451. The summed E-state index contributed by atoms with van der Waals surface area (Å²) in [6.07, 6.45) is 0. The molecule has 0 saturated carbocycles. The number of aromatic nitrogens is 1. The van der Waals surface area contributed by atoms with Gasteiger partial charge in [0.05, 0.1) is 11.4 Å². The fourth-order valence-electron chi connectivity index (χ4n) is 1.93. The van der Waals surface area contributed by atoms with E-state index < -0.39 is 0 Å². The first-order valence-electron chi connectivity index (χ1n) is 6.48. The molecule has 0 bridgehead atoms. The largest absolute Gasteiger partial charge is 0.326 e. The van der Waals surface area contributed by atoms with Crippen LogP contribution in [0.3, 0.4) is 0 Å². The second-order valence-electron chi connectivity index (χ2n) is 4.83. The van der Waals surface area contributed by atoms with E-state index in [9.17, 15) is 0 Å². The molecule has 0 atom stereocenters. The number of aryl methyl sites for hydroxylation is 1. The lowest BCUT2D eigenvalue weighted by Crippen LogP contribution is -1.99. The number of benzene rings is 1. The first-order valence-corrected chi connectivity index (χ1v) is 8.29. The van der Waals surface area contributed by atoms with Crippen molar-refractivity contribution in [3.05, 3.63) is 45.4 Å². The highest BCUT2D eigenvalue weighted by Gasteiger charge is 2.13. The molecule has 2 aromatic rings. The average Bonchev–Trinajstić information content (AvgIpc) is 2.81. The van der Waals surface area contributed by atoms with E-state index in [1.165, 1.54) is 26.0 Å². The molecule has 1 heterocycles. The Morgan fingerprint density at radius 3 is 2.63 bits per heavy atom. The highest BCUT2D eigenvalue weighted by Crippen LogP contribution is 2.30. The van der Waals surface area contributed by atoms with Gasteiger partial charge in [0.1, 0.15) is 5.01 Å². The van der Waals surface area contributed by atoms with E-state index >= 15 is 0 Å². The van der Waals surface area contributed by atoms with Crippen molar-refractivity contribution in [2.45, 2.75) is 43.9 Å². The summed E-state index contributed by atoms with van der Waals surface area (Å²) in [7, 11) is 0. The zero-order valence-electron chi connectivity index (χ0n) is 11.6. The summed E-state index contributed by atoms with van der Waals surface area (Å²) in [5.74, 6) is 1.38. The Balaban J connectivity index is 2.10. The molecule has 1 aromatic heterocycles. The van der Waals surface area contributed by atoms with Crippen LogP contribution in [0.1, 0.15) is 40.9 Å². The topological polar surface area (TPSA) is 38.9 Å². The molecule has 102 valence electrons. The lowest BCUT2D eigenvalue weighted by molar-refractivity contribution is 0.808. The van der Waals surface area contributed by atoms with E-state index in [1.54, 1.807) is 11.3 Å². The van der Waals surface area contributed by atoms with Gasteiger partial charge in [0.15, 0.2) is 0 Å². The molecule has 0 aliphatic carbocycles. The van der Waals surface area contributed by atoms with Crippen molar-refractivity contribution < 1.29 is 0 Å². The SMILES string of the molecule is Cc1ccccc1SCc1nc(C(C)C)c(CN)s1. The second-order valence-corrected chi connectivity index (χ2v) is 7.01. The van der Waals surface area contributed by atoms with Crippen LogP contribution in [-0.2, 0) is 12.3 Å². The van der Waals surface area contributed by atoms with Gasteiger partial charge in [-0.2, -0.15) is 0 Å². The number of nitrogens with two attached hydrogens (primary N) is 1. The molecule has 19 heavy (non-hydrogen) atoms. The van der Waals surface area contributed by atoms with Crippen molar-refractivity contribution in [2.75, 3.05) is 0 Å². The molecule has 4 heteroatoms. The third kappa shape index (κ3) is 3.59. The third-order valence-electron chi connectivity index (χ3n) is 2.95. The second kappa shape index (κ2) is 6.55. The van der Waals surface area contributed by atoms with Gasteiger partial charge >= 0.3 is 0 Å². The molecular weight excluding hydrogens is 272 g/mol. The average molecular weight is 292 g/mol. The molecule has 2 N–H and O–H groups in total. The minimum atomic E-state index is 0.451. The van der Waals surface area contributed by atoms with Crippen LogP contribution in [0.5, 0.6) is 0 Å². The van der Waals surface area contributed by atoms with E-state index in [0.29, 0.717) is 12.5 Å². The van der Waals surface area contributed by atoms with Crippen molar-refractivity contribution in [2.24, 2.45) is 5.73 Å². The van der Waals surface area contributed by atoms with Gasteiger partial charge in [0.2, 0.25) is 0 Å². The molecular formula is C15H20N2S2. The summed E-state index contributed by atoms with van der Waals surface area (Å²) < 4.78 is 0. The highest BCUT2D eigenvalue weighted by molar-refractivity contribution is 7.98. The Morgan fingerprint density at radius 2 is 2.05 bits per heavy atom. The predicted molar refractivity (Wildman–Crippen MR) is 84.8 cm³/mol. The summed E-state index contributed by atoms with van der Waals surface area (Å²) in [6, 6.07) is 8.48. The van der Waals surface area contributed by atoms with Gasteiger partial charge in [0.25, 0.3) is 0 Å². The number of nitrogens with zero attached hydrogens (tertiary/aromatic N) is 1. The van der Waals surface area contributed by atoms with Crippen LogP contribution in [0, 0.1) is 6.92 Å². The summed E-state index contributed by atoms with van der Waals surface area (Å²) in [6.45, 7) is 7.09. The minimum Gasteiger partial charge on any atom is -0.326 e. The molecule has 0 unspecified atom stereocenters. The van der Waals surface area contributed by atoms with Crippen LogP contribution in [0.2, 0.25) is 0 Å². The first kappa shape index (κ1) is 14.6. The van der Waals surface area contributed by atoms with Gasteiger partial charge < -0.3 is 5.73 Å². The van der Waals surface area contributed by atoms with Crippen molar-refractivity contribution in [3.8, 4) is 0 Å². The Kier molecular flexibility index (Phi) is 5.02. The molecule has 0 saturated heterocycles. The van der Waals surface area contributed by atoms with Gasteiger partial charge in [-0.15, -0.1) is 23.1 Å². The molecule has 2 rings (SSSR count). The van der Waals surface area contributed by atoms with Crippen LogP contribution in [0.25, 0.3) is 0 Å². The van der Waals surface area contributed by atoms with Gasteiger partial charge in [-0.1, -0.05) is 32.0 Å². The lowest BCUT2D eigenvalue weighted by atomic mass is 10.1. The Bertz CT molecular complexity index is 547. The molecule has 0 fully saturated rings. The van der Waals surface area contributed by atoms with Crippen molar-refractivity contribution in [3.63, 3.8) is 0 Å². The van der Waals surface area contributed by atoms with Crippen molar-refractivity contribution >= 4 is 23.1 Å². The van der Waals surface area contributed by atoms with Crippen LogP contribution < -0.4 is 5.73 Å². The van der Waals surface area contributed by atoms with Gasteiger partial charge in [-0.25, -0.2) is 4.98 Å². The van der Waals surface area contributed by atoms with Gasteiger partial charge in [-0.3, -0.25) is 0 Å². The van der Waals surface area contributed by atoms with E-state index in [2.05, 4.69) is 45.0 Å². The first-order chi connectivity index (χ1) is 9.11. The van der Waals surface area contributed by atoms with E-state index in [0.717, 1.165) is 5.75 Å². The smallest absolute Gasteiger partial charge is 0.103 e. The maximum Gasteiger partial charge on any atom is 0.103 e. The van der Waals surface area contributed by atoms with Crippen LogP contribution in [0.4, 0.5) is 0 Å². The maximum absolute atomic E-state index is 5.80. The normalized spacial score (nSPS) is 11.2. The van der Waals surface area contributed by atoms with Crippen LogP contribution in [-0.4, -0.2) is 4.98 Å². The summed E-state index contributed by atoms with van der Waals surface area (Å²) in [4.78, 5) is 7.31. The maximum atomic E-state index is 5.80. The molecule has 0 radical (unpaired) electrons. The highest BCUT2D eigenvalue weighted by atomic mass is 32.2. The summed E-state index contributed by atoms with van der Waals surface area (Å²) >= 11 is 3.61. The van der Waals surface area contributed by atoms with Gasteiger partial charge in [0, 0.05) is 16.3 Å². The number of hydrogen-bond donors (Lipinski definition) is 1. The van der Waals surface area contributed by atoms with Gasteiger partial charge in [-0.05, 0) is 24.5 Å². The fourth-order valence-corrected chi connectivity index (χ4v) is 4.06. The number of hydrogen-bond acceptors (Lipinski definition) is 4. The Labute approximate surface area is 123 Å². The molecule has 0 aliphatic heterocycles. The Morgan fingerprint density at radius 1 is 1.32 bits per heavy atom. The monoisotopic (exact) mass is 292 g/mol. The van der Waals surface area contributed by atoms with E-state index in [4.69, 9.17) is 10.7 Å². The number of thiazole rings is 1. The molecule has 2 nitrogen and oxygen atoms in total. The van der Waals surface area contributed by atoms with Crippen molar-refractivity contribution in [1.29, 1.82) is 0 Å². The summed E-state index contributed by atoms with van der Waals surface area (Å²) in [5.41, 5.74) is 8.30. The molecule has 0 amide bonds. The van der Waals surface area contributed by atoms with E-state index in [1.807, 2.05) is 11.8 Å². The molecule has 0 spiro atoms. The lowest BCUT2D eigenvalue weighted by Gasteiger charge is -2.03. The van der Waals surface area contributed by atoms with Crippen molar-refractivity contribution in [1.82, 2.24) is 4.98 Å². The molecule has 0 aliphatic rings. The third-order valence-corrected chi connectivity index (χ3v) is 5.41. The molecule has 1 aromatic carbocycles.